The number of nitrogens with two attached hydrogens (primary N) is 1. The lowest BCUT2D eigenvalue weighted by Gasteiger charge is -1.94. The quantitative estimate of drug-likeness (QED) is 0.572. The Bertz CT molecular complexity index is 203. The van der Waals surface area contributed by atoms with E-state index < -0.39 is 10.0 Å². The normalized spacial score (nSPS) is 13.9. The average Bonchev–Trinajstić information content (AvgIpc) is 1.62. The molecular weight excluding hydrogens is 138 g/mol. The molecule has 0 spiro atoms. The molecule has 0 aromatic heterocycles. The monoisotopic (exact) mass is 149 g/mol. The van der Waals surface area contributed by atoms with Crippen LogP contribution in [0.2, 0.25) is 0 Å². The molecule has 0 fully saturated rings. The number of rotatable bonds is 2. The molecule has 4 heteroatoms. The highest BCUT2D eigenvalue weighted by molar-refractivity contribution is 7.89. The van der Waals surface area contributed by atoms with E-state index in [4.69, 9.17) is 5.14 Å². The van der Waals surface area contributed by atoms with Gasteiger partial charge < -0.3 is 0 Å². The lowest BCUT2D eigenvalue weighted by Crippen LogP contribution is -2.16. The fourth-order valence-electron chi connectivity index (χ4n) is 0.401. The molecule has 9 heavy (non-hydrogen) atoms. The van der Waals surface area contributed by atoms with Crippen LogP contribution in [-0.2, 0) is 10.0 Å². The van der Waals surface area contributed by atoms with Crippen LogP contribution in [-0.4, -0.2) is 14.2 Å². The number of primary sulfonamides is 1. The van der Waals surface area contributed by atoms with Gasteiger partial charge >= 0.3 is 0 Å². The molecule has 0 aliphatic heterocycles. The Morgan fingerprint density at radius 3 is 2.22 bits per heavy atom. The van der Waals surface area contributed by atoms with E-state index in [1.54, 1.807) is 19.9 Å². The second kappa shape index (κ2) is 2.98. The Morgan fingerprint density at radius 1 is 1.67 bits per heavy atom. The summed E-state index contributed by atoms with van der Waals surface area (Å²) in [6.07, 6.45) is 1.73. The summed E-state index contributed by atoms with van der Waals surface area (Å²) in [5.74, 6) is -0.0382. The zero-order valence-corrected chi connectivity index (χ0v) is 6.40. The van der Waals surface area contributed by atoms with Crippen LogP contribution in [0.15, 0.2) is 11.6 Å². The first kappa shape index (κ1) is 8.65. The van der Waals surface area contributed by atoms with Gasteiger partial charge in [0.15, 0.2) is 0 Å². The predicted molar refractivity (Wildman–Crippen MR) is 37.4 cm³/mol. The molecule has 3 nitrogen and oxygen atoms in total. The standard InChI is InChI=1S/C5H11NO2S/c1-3-5(2)4-9(6,7)8/h3H,4H2,1-2H3,(H2,6,7,8). The molecule has 0 aliphatic rings. The summed E-state index contributed by atoms with van der Waals surface area (Å²) in [4.78, 5) is 0. The maximum Gasteiger partial charge on any atom is 0.212 e. The summed E-state index contributed by atoms with van der Waals surface area (Å²) in [5, 5.41) is 4.74. The topological polar surface area (TPSA) is 60.2 Å². The summed E-state index contributed by atoms with van der Waals surface area (Å²) in [5.41, 5.74) is 0.775. The van der Waals surface area contributed by atoms with Gasteiger partial charge in [0.2, 0.25) is 10.0 Å². The molecule has 0 aromatic carbocycles. The zero-order valence-electron chi connectivity index (χ0n) is 5.59. The van der Waals surface area contributed by atoms with Gasteiger partial charge in [-0.2, -0.15) is 0 Å². The van der Waals surface area contributed by atoms with Crippen LogP contribution in [0, 0.1) is 0 Å². The van der Waals surface area contributed by atoms with Gasteiger partial charge in [-0.3, -0.25) is 0 Å². The fourth-order valence-corrected chi connectivity index (χ4v) is 1.20. The Balaban J connectivity index is 4.07. The molecule has 0 rings (SSSR count). The van der Waals surface area contributed by atoms with E-state index in [0.29, 0.717) is 0 Å². The first-order chi connectivity index (χ1) is 3.95. The molecule has 0 saturated heterocycles. The van der Waals surface area contributed by atoms with Gasteiger partial charge in [-0.1, -0.05) is 11.6 Å². The second-order valence-corrected chi connectivity index (χ2v) is 3.56. The van der Waals surface area contributed by atoms with Crippen LogP contribution >= 0.6 is 0 Å². The third-order valence-corrected chi connectivity index (χ3v) is 1.78. The molecule has 54 valence electrons. The summed E-state index contributed by atoms with van der Waals surface area (Å²) >= 11 is 0. The van der Waals surface area contributed by atoms with Crippen LogP contribution in [0.25, 0.3) is 0 Å². The van der Waals surface area contributed by atoms with Crippen LogP contribution in [0.3, 0.4) is 0 Å². The van der Waals surface area contributed by atoms with Crippen molar-refractivity contribution in [3.8, 4) is 0 Å². The Hall–Kier alpha value is -0.350. The summed E-state index contributed by atoms with van der Waals surface area (Å²) < 4.78 is 20.7. The molecule has 2 N–H and O–H groups in total. The minimum Gasteiger partial charge on any atom is -0.228 e. The molecule has 0 aliphatic carbocycles. The maximum absolute atomic E-state index is 10.3. The third kappa shape index (κ3) is 5.52. The van der Waals surface area contributed by atoms with Gasteiger partial charge in [0.1, 0.15) is 0 Å². The highest BCUT2D eigenvalue weighted by Gasteiger charge is 2.01. The first-order valence-corrected chi connectivity index (χ1v) is 4.29. The van der Waals surface area contributed by atoms with E-state index in [1.165, 1.54) is 0 Å². The zero-order chi connectivity index (χ0) is 7.49. The molecule has 0 bridgehead atoms. The van der Waals surface area contributed by atoms with E-state index in [2.05, 4.69) is 0 Å². The Morgan fingerprint density at radius 2 is 2.11 bits per heavy atom. The van der Waals surface area contributed by atoms with Gasteiger partial charge in [-0.25, -0.2) is 13.6 Å². The van der Waals surface area contributed by atoms with E-state index in [1.807, 2.05) is 0 Å². The first-order valence-electron chi connectivity index (χ1n) is 2.58. The van der Waals surface area contributed by atoms with E-state index in [-0.39, 0.29) is 5.75 Å². The van der Waals surface area contributed by atoms with Gasteiger partial charge in [0.05, 0.1) is 5.75 Å². The van der Waals surface area contributed by atoms with Gasteiger partial charge in [0, 0.05) is 0 Å². The lowest BCUT2D eigenvalue weighted by atomic mass is 10.3. The molecular formula is C5H11NO2S. The van der Waals surface area contributed by atoms with Crippen molar-refractivity contribution in [3.05, 3.63) is 11.6 Å². The third-order valence-electron chi connectivity index (χ3n) is 0.922. The minimum absolute atomic E-state index is 0.0382. The Kier molecular flexibility index (Phi) is 2.87. The van der Waals surface area contributed by atoms with Crippen molar-refractivity contribution < 1.29 is 8.42 Å². The molecule has 0 heterocycles. The Labute approximate surface area is 55.6 Å². The molecule has 0 atom stereocenters. The van der Waals surface area contributed by atoms with Crippen LogP contribution < -0.4 is 5.14 Å². The maximum atomic E-state index is 10.3. The largest absolute Gasteiger partial charge is 0.228 e. The van der Waals surface area contributed by atoms with Crippen molar-refractivity contribution >= 4 is 10.0 Å². The second-order valence-electron chi connectivity index (χ2n) is 1.94. The highest BCUT2D eigenvalue weighted by Crippen LogP contribution is 1.93. The van der Waals surface area contributed by atoms with E-state index in [9.17, 15) is 8.42 Å². The fraction of sp³-hybridized carbons (Fsp3) is 0.600. The van der Waals surface area contributed by atoms with Crippen molar-refractivity contribution in [1.82, 2.24) is 0 Å². The van der Waals surface area contributed by atoms with Gasteiger partial charge in [-0.05, 0) is 13.8 Å². The number of sulfonamides is 1. The number of allylic oxidation sites excluding steroid dienone is 1. The van der Waals surface area contributed by atoms with Crippen molar-refractivity contribution in [2.75, 3.05) is 5.75 Å². The van der Waals surface area contributed by atoms with Crippen LogP contribution in [0.5, 0.6) is 0 Å². The van der Waals surface area contributed by atoms with Crippen LogP contribution in [0.4, 0.5) is 0 Å². The SMILES string of the molecule is CC=C(C)CS(N)(=O)=O. The van der Waals surface area contributed by atoms with Gasteiger partial charge in [0.25, 0.3) is 0 Å². The lowest BCUT2D eigenvalue weighted by molar-refractivity contribution is 0.600. The molecule has 0 aromatic rings. The average molecular weight is 149 g/mol. The predicted octanol–water partition coefficient (Wildman–Crippen LogP) is 0.241. The van der Waals surface area contributed by atoms with Crippen LogP contribution in [0.1, 0.15) is 13.8 Å². The number of hydrogen-bond donors (Lipinski definition) is 1. The molecule has 0 unspecified atom stereocenters. The summed E-state index contributed by atoms with van der Waals surface area (Å²) in [6, 6.07) is 0. The molecule has 0 radical (unpaired) electrons. The highest BCUT2D eigenvalue weighted by atomic mass is 32.2. The van der Waals surface area contributed by atoms with Crippen molar-refractivity contribution in [1.29, 1.82) is 0 Å². The van der Waals surface area contributed by atoms with Crippen molar-refractivity contribution in [2.24, 2.45) is 5.14 Å². The van der Waals surface area contributed by atoms with E-state index in [0.717, 1.165) is 5.57 Å². The summed E-state index contributed by atoms with van der Waals surface area (Å²) in [6.45, 7) is 3.50. The molecule has 0 saturated carbocycles. The summed E-state index contributed by atoms with van der Waals surface area (Å²) in [7, 11) is -3.30. The molecule has 0 amide bonds. The number of hydrogen-bond acceptors (Lipinski definition) is 2. The smallest absolute Gasteiger partial charge is 0.212 e. The van der Waals surface area contributed by atoms with Crippen molar-refractivity contribution in [3.63, 3.8) is 0 Å². The van der Waals surface area contributed by atoms with E-state index >= 15 is 0 Å². The minimum atomic E-state index is -3.30. The van der Waals surface area contributed by atoms with Crippen molar-refractivity contribution in [2.45, 2.75) is 13.8 Å². The van der Waals surface area contributed by atoms with Gasteiger partial charge in [-0.15, -0.1) is 0 Å².